The predicted molar refractivity (Wildman–Crippen MR) is 64.8 cm³/mol. The van der Waals surface area contributed by atoms with Crippen LogP contribution in [0.1, 0.15) is 26.7 Å². The van der Waals surface area contributed by atoms with Crippen LogP contribution < -0.4 is 11.1 Å². The number of nitrogens with one attached hydrogen (secondary N) is 1. The van der Waals surface area contributed by atoms with E-state index in [1.165, 1.54) is 6.26 Å². The van der Waals surface area contributed by atoms with E-state index in [4.69, 9.17) is 5.73 Å². The van der Waals surface area contributed by atoms with Crippen LogP contribution in [0.15, 0.2) is 0 Å². The molecule has 0 aromatic rings. The molecule has 0 fully saturated rings. The molecular weight excluding hydrogens is 228 g/mol. The zero-order chi connectivity index (χ0) is 12.8. The summed E-state index contributed by atoms with van der Waals surface area (Å²) in [6.07, 6.45) is 2.25. The van der Waals surface area contributed by atoms with E-state index in [1.54, 1.807) is 0 Å². The van der Waals surface area contributed by atoms with Crippen molar-refractivity contribution in [3.63, 3.8) is 0 Å². The summed E-state index contributed by atoms with van der Waals surface area (Å²) in [4.78, 5) is 11.4. The fourth-order valence-electron chi connectivity index (χ4n) is 1.29. The van der Waals surface area contributed by atoms with Gasteiger partial charge in [0, 0.05) is 12.8 Å². The lowest BCUT2D eigenvalue weighted by atomic mass is 10.0. The smallest absolute Gasteiger partial charge is 0.236 e. The summed E-state index contributed by atoms with van der Waals surface area (Å²) in [5, 5.41) is 2.63. The molecule has 0 aliphatic heterocycles. The Morgan fingerprint density at radius 2 is 1.94 bits per heavy atom. The highest BCUT2D eigenvalue weighted by atomic mass is 32.2. The molecule has 0 unspecified atom stereocenters. The Bertz CT molecular complexity index is 312. The van der Waals surface area contributed by atoms with Gasteiger partial charge >= 0.3 is 0 Å². The molecule has 3 N–H and O–H groups in total. The Hall–Kier alpha value is -0.620. The monoisotopic (exact) mass is 250 g/mol. The highest BCUT2D eigenvalue weighted by Gasteiger charge is 2.14. The van der Waals surface area contributed by atoms with Crippen LogP contribution in [0.3, 0.4) is 0 Å². The van der Waals surface area contributed by atoms with Gasteiger partial charge in [-0.05, 0) is 18.8 Å². The molecule has 0 aromatic heterocycles. The molecule has 0 rings (SSSR count). The maximum atomic E-state index is 11.4. The van der Waals surface area contributed by atoms with Crippen LogP contribution in [-0.4, -0.2) is 38.9 Å². The van der Waals surface area contributed by atoms with Crippen molar-refractivity contribution >= 4 is 15.7 Å². The van der Waals surface area contributed by atoms with E-state index < -0.39 is 15.9 Å². The third kappa shape index (κ3) is 8.67. The quantitative estimate of drug-likeness (QED) is 0.618. The van der Waals surface area contributed by atoms with Crippen molar-refractivity contribution < 1.29 is 13.2 Å². The van der Waals surface area contributed by atoms with E-state index >= 15 is 0 Å². The van der Waals surface area contributed by atoms with Gasteiger partial charge in [-0.2, -0.15) is 0 Å². The average molecular weight is 250 g/mol. The van der Waals surface area contributed by atoms with Crippen LogP contribution in [0.5, 0.6) is 0 Å². The van der Waals surface area contributed by atoms with Gasteiger partial charge in [0.2, 0.25) is 5.91 Å². The van der Waals surface area contributed by atoms with Gasteiger partial charge in [-0.25, -0.2) is 8.42 Å². The molecule has 0 bridgehead atoms. The number of amides is 1. The molecule has 0 radical (unpaired) electrons. The third-order valence-corrected chi connectivity index (χ3v) is 3.08. The first-order chi connectivity index (χ1) is 7.22. The van der Waals surface area contributed by atoms with Crippen LogP contribution in [-0.2, 0) is 14.6 Å². The normalized spacial score (nSPS) is 13.8. The minimum atomic E-state index is -2.94. The van der Waals surface area contributed by atoms with Crippen molar-refractivity contribution in [3.8, 4) is 0 Å². The number of nitrogens with two attached hydrogens (primary N) is 1. The summed E-state index contributed by atoms with van der Waals surface area (Å²) in [5.41, 5.74) is 5.66. The molecule has 16 heavy (non-hydrogen) atoms. The van der Waals surface area contributed by atoms with Crippen LogP contribution in [0.4, 0.5) is 0 Å². The zero-order valence-electron chi connectivity index (χ0n) is 10.2. The molecular formula is C10H22N2O3S. The summed E-state index contributed by atoms with van der Waals surface area (Å²) in [5.74, 6) is 0.256. The second-order valence-corrected chi connectivity index (χ2v) is 6.77. The average Bonchev–Trinajstić information content (AvgIpc) is 2.09. The first-order valence-electron chi connectivity index (χ1n) is 5.43. The Kier molecular flexibility index (Phi) is 6.59. The summed E-state index contributed by atoms with van der Waals surface area (Å²) >= 11 is 0. The zero-order valence-corrected chi connectivity index (χ0v) is 11.0. The molecule has 0 aliphatic carbocycles. The first kappa shape index (κ1) is 15.4. The molecule has 0 aromatic carbocycles. The minimum absolute atomic E-state index is 0.0900. The lowest BCUT2D eigenvalue weighted by molar-refractivity contribution is -0.122. The van der Waals surface area contributed by atoms with E-state index in [1.807, 2.05) is 13.8 Å². The SMILES string of the molecule is CC(C)C[C@H](N)C(=O)NCCCS(C)(=O)=O. The fraction of sp³-hybridized carbons (Fsp3) is 0.900. The van der Waals surface area contributed by atoms with E-state index in [2.05, 4.69) is 5.32 Å². The molecule has 0 heterocycles. The maximum Gasteiger partial charge on any atom is 0.236 e. The highest BCUT2D eigenvalue weighted by Crippen LogP contribution is 2.02. The van der Waals surface area contributed by atoms with Gasteiger partial charge in [0.25, 0.3) is 0 Å². The Labute approximate surface area is 97.7 Å². The van der Waals surface area contributed by atoms with Crippen LogP contribution in [0.2, 0.25) is 0 Å². The van der Waals surface area contributed by atoms with Gasteiger partial charge in [0.05, 0.1) is 11.8 Å². The number of hydrogen-bond acceptors (Lipinski definition) is 4. The van der Waals surface area contributed by atoms with Gasteiger partial charge in [0.1, 0.15) is 9.84 Å². The second kappa shape index (κ2) is 6.85. The standard InChI is InChI=1S/C10H22N2O3S/c1-8(2)7-9(11)10(13)12-5-4-6-16(3,14)15/h8-9H,4-7,11H2,1-3H3,(H,12,13)/t9-/m0/s1. The van der Waals surface area contributed by atoms with E-state index in [-0.39, 0.29) is 11.7 Å². The maximum absolute atomic E-state index is 11.4. The van der Waals surface area contributed by atoms with E-state index in [0.29, 0.717) is 25.3 Å². The van der Waals surface area contributed by atoms with Crippen molar-refractivity contribution in [3.05, 3.63) is 0 Å². The lowest BCUT2D eigenvalue weighted by Gasteiger charge is -2.13. The van der Waals surface area contributed by atoms with Crippen LogP contribution in [0, 0.1) is 5.92 Å². The van der Waals surface area contributed by atoms with Gasteiger partial charge < -0.3 is 11.1 Å². The Morgan fingerprint density at radius 3 is 2.38 bits per heavy atom. The highest BCUT2D eigenvalue weighted by molar-refractivity contribution is 7.90. The number of sulfone groups is 1. The van der Waals surface area contributed by atoms with Gasteiger partial charge in [-0.3, -0.25) is 4.79 Å². The lowest BCUT2D eigenvalue weighted by Crippen LogP contribution is -2.41. The molecule has 96 valence electrons. The van der Waals surface area contributed by atoms with Crippen molar-refractivity contribution in [2.75, 3.05) is 18.6 Å². The van der Waals surface area contributed by atoms with Crippen molar-refractivity contribution in [1.82, 2.24) is 5.32 Å². The van der Waals surface area contributed by atoms with Gasteiger partial charge in [-0.15, -0.1) is 0 Å². The largest absolute Gasteiger partial charge is 0.355 e. The fourth-order valence-corrected chi connectivity index (χ4v) is 1.96. The molecule has 0 spiro atoms. The summed E-state index contributed by atoms with van der Waals surface area (Å²) in [6, 6.07) is -0.502. The van der Waals surface area contributed by atoms with Crippen molar-refractivity contribution in [2.45, 2.75) is 32.7 Å². The van der Waals surface area contributed by atoms with Gasteiger partial charge in [0.15, 0.2) is 0 Å². The number of carbonyl (C=O) groups is 1. The van der Waals surface area contributed by atoms with Crippen molar-refractivity contribution in [1.29, 1.82) is 0 Å². The number of carbonyl (C=O) groups excluding carboxylic acids is 1. The molecule has 1 amide bonds. The van der Waals surface area contributed by atoms with Crippen LogP contribution in [0.25, 0.3) is 0 Å². The first-order valence-corrected chi connectivity index (χ1v) is 7.49. The molecule has 6 heteroatoms. The Morgan fingerprint density at radius 1 is 1.38 bits per heavy atom. The molecule has 5 nitrogen and oxygen atoms in total. The van der Waals surface area contributed by atoms with Crippen LogP contribution >= 0.6 is 0 Å². The summed E-state index contributed by atoms with van der Waals surface area (Å²) < 4.78 is 21.6. The molecule has 0 aliphatic rings. The third-order valence-electron chi connectivity index (χ3n) is 2.05. The minimum Gasteiger partial charge on any atom is -0.355 e. The van der Waals surface area contributed by atoms with E-state index in [0.717, 1.165) is 0 Å². The predicted octanol–water partition coefficient (Wildman–Crippen LogP) is -0.0893. The number of rotatable bonds is 7. The molecule has 0 saturated heterocycles. The number of hydrogen-bond donors (Lipinski definition) is 2. The second-order valence-electron chi connectivity index (χ2n) is 4.51. The van der Waals surface area contributed by atoms with Crippen molar-refractivity contribution in [2.24, 2.45) is 11.7 Å². The molecule has 1 atom stereocenters. The topological polar surface area (TPSA) is 89.3 Å². The van der Waals surface area contributed by atoms with E-state index in [9.17, 15) is 13.2 Å². The summed E-state index contributed by atoms with van der Waals surface area (Å²) in [6.45, 7) is 4.35. The Balaban J connectivity index is 3.73. The molecule has 0 saturated carbocycles. The summed E-state index contributed by atoms with van der Waals surface area (Å²) in [7, 11) is -2.94. The van der Waals surface area contributed by atoms with Gasteiger partial charge in [-0.1, -0.05) is 13.8 Å².